The van der Waals surface area contributed by atoms with E-state index in [4.69, 9.17) is 14.6 Å². The Hall–Kier alpha value is -3.19. The Morgan fingerprint density at radius 3 is 2.55 bits per heavy atom. The molecule has 1 aliphatic heterocycles. The van der Waals surface area contributed by atoms with Crippen molar-refractivity contribution < 1.29 is 19.1 Å². The molecule has 0 spiro atoms. The number of hydrogen-bond acceptors (Lipinski definition) is 5. The average Bonchev–Trinajstić information content (AvgIpc) is 3.27. The smallest absolute Gasteiger partial charge is 0.262 e. The van der Waals surface area contributed by atoms with Gasteiger partial charge in [0.15, 0.2) is 0 Å². The number of carbonyl (C=O) groups excluding carboxylic acids is 2. The number of benzene rings is 2. The second-order valence-corrected chi connectivity index (χ2v) is 8.53. The van der Waals surface area contributed by atoms with Gasteiger partial charge < -0.3 is 14.4 Å². The summed E-state index contributed by atoms with van der Waals surface area (Å²) in [6.45, 7) is 0.789. The van der Waals surface area contributed by atoms with Crippen LogP contribution >= 0.6 is 0 Å². The molecule has 1 aliphatic carbocycles. The lowest BCUT2D eigenvalue weighted by atomic mass is 9.84. The first-order chi connectivity index (χ1) is 16.1. The first-order valence-electron chi connectivity index (χ1n) is 11.5. The molecule has 33 heavy (non-hydrogen) atoms. The van der Waals surface area contributed by atoms with Crippen molar-refractivity contribution in [1.82, 2.24) is 9.91 Å². The van der Waals surface area contributed by atoms with Gasteiger partial charge in [-0.15, -0.1) is 0 Å². The Bertz CT molecular complexity index is 1000. The van der Waals surface area contributed by atoms with Gasteiger partial charge in [-0.1, -0.05) is 48.9 Å². The number of amides is 2. The highest BCUT2D eigenvalue weighted by Crippen LogP contribution is 2.34. The van der Waals surface area contributed by atoms with Gasteiger partial charge in [0.1, 0.15) is 12.3 Å². The van der Waals surface area contributed by atoms with E-state index in [0.717, 1.165) is 41.9 Å². The summed E-state index contributed by atoms with van der Waals surface area (Å²) >= 11 is 0. The summed E-state index contributed by atoms with van der Waals surface area (Å²) in [5.74, 6) is 0.617. The molecule has 2 aliphatic rings. The molecule has 1 heterocycles. The summed E-state index contributed by atoms with van der Waals surface area (Å²) in [5.41, 5.74) is 2.76. The van der Waals surface area contributed by atoms with Crippen LogP contribution in [0, 0.1) is 5.92 Å². The third kappa shape index (κ3) is 5.25. The predicted molar refractivity (Wildman–Crippen MR) is 126 cm³/mol. The van der Waals surface area contributed by atoms with Crippen LogP contribution in [0.15, 0.2) is 59.7 Å². The molecule has 0 aromatic heterocycles. The van der Waals surface area contributed by atoms with Crippen LogP contribution < -0.4 is 4.74 Å². The number of hydrazone groups is 1. The van der Waals surface area contributed by atoms with Crippen molar-refractivity contribution >= 4 is 17.5 Å². The van der Waals surface area contributed by atoms with Gasteiger partial charge in [0, 0.05) is 31.6 Å². The maximum absolute atomic E-state index is 13.5. The molecule has 0 radical (unpaired) electrons. The lowest BCUT2D eigenvalue weighted by Gasteiger charge is -2.32. The zero-order valence-electron chi connectivity index (χ0n) is 19.3. The van der Waals surface area contributed by atoms with Crippen LogP contribution in [0.4, 0.5) is 0 Å². The Morgan fingerprint density at radius 2 is 1.88 bits per heavy atom. The van der Waals surface area contributed by atoms with Crippen LogP contribution in [0.3, 0.4) is 0 Å². The van der Waals surface area contributed by atoms with E-state index >= 15 is 0 Å². The minimum Gasteiger partial charge on any atom is -0.497 e. The second kappa shape index (κ2) is 10.6. The molecule has 1 unspecified atom stereocenters. The van der Waals surface area contributed by atoms with Crippen LogP contribution in [0.25, 0.3) is 0 Å². The Morgan fingerprint density at radius 1 is 1.09 bits per heavy atom. The van der Waals surface area contributed by atoms with E-state index in [1.54, 1.807) is 24.1 Å². The van der Waals surface area contributed by atoms with Crippen molar-refractivity contribution in [3.05, 3.63) is 65.7 Å². The number of carbonyl (C=O) groups is 2. The number of ether oxygens (including phenoxy) is 2. The summed E-state index contributed by atoms with van der Waals surface area (Å²) < 4.78 is 10.6. The lowest BCUT2D eigenvalue weighted by molar-refractivity contribution is -0.146. The topological polar surface area (TPSA) is 71.4 Å². The lowest BCUT2D eigenvalue weighted by Crippen LogP contribution is -2.46. The molecule has 174 valence electrons. The molecule has 2 aromatic carbocycles. The maximum Gasteiger partial charge on any atom is 0.262 e. The molecule has 1 atom stereocenters. The van der Waals surface area contributed by atoms with Gasteiger partial charge in [-0.3, -0.25) is 9.59 Å². The van der Waals surface area contributed by atoms with Crippen molar-refractivity contribution in [2.45, 2.75) is 31.7 Å². The van der Waals surface area contributed by atoms with Crippen LogP contribution in [-0.2, 0) is 14.3 Å². The van der Waals surface area contributed by atoms with Crippen LogP contribution in [0.1, 0.15) is 42.9 Å². The summed E-state index contributed by atoms with van der Waals surface area (Å²) in [5, 5.41) is 6.29. The highest BCUT2D eigenvalue weighted by molar-refractivity contribution is 6.03. The quantitative estimate of drug-likeness (QED) is 0.586. The second-order valence-electron chi connectivity index (χ2n) is 8.53. The minimum atomic E-state index is -0.219. The van der Waals surface area contributed by atoms with Gasteiger partial charge in [0.05, 0.1) is 25.5 Å². The molecule has 2 amide bonds. The summed E-state index contributed by atoms with van der Waals surface area (Å²) in [7, 11) is 3.23. The highest BCUT2D eigenvalue weighted by Gasteiger charge is 2.36. The zero-order chi connectivity index (χ0) is 23.2. The standard InChI is InChI=1S/C26H31N3O4/c1-32-15-14-28(26(31)20-10-6-11-20)18-25(30)29-24(19-8-4-3-5-9-19)17-23(27-29)21-12-7-13-22(16-21)33-2/h3-5,7-9,12-13,16,20,24H,6,10-11,14-15,17-18H2,1-2H3. The highest BCUT2D eigenvalue weighted by atomic mass is 16.5. The first-order valence-corrected chi connectivity index (χ1v) is 11.5. The number of nitrogens with zero attached hydrogens (tertiary/aromatic N) is 3. The minimum absolute atomic E-state index is 0.00306. The summed E-state index contributed by atoms with van der Waals surface area (Å²) in [4.78, 5) is 28.1. The van der Waals surface area contributed by atoms with E-state index in [1.165, 1.54) is 0 Å². The largest absolute Gasteiger partial charge is 0.497 e. The number of hydrogen-bond donors (Lipinski definition) is 0. The SMILES string of the molecule is COCCN(CC(=O)N1N=C(c2cccc(OC)c2)CC1c1ccccc1)C(=O)C1CCC1. The Balaban J connectivity index is 1.59. The van der Waals surface area contributed by atoms with Crippen LogP contribution in [0.2, 0.25) is 0 Å². The van der Waals surface area contributed by atoms with Crippen molar-refractivity contribution in [1.29, 1.82) is 0 Å². The van der Waals surface area contributed by atoms with E-state index in [9.17, 15) is 9.59 Å². The fraction of sp³-hybridized carbons (Fsp3) is 0.423. The van der Waals surface area contributed by atoms with Gasteiger partial charge in [-0.05, 0) is 30.5 Å². The third-order valence-electron chi connectivity index (χ3n) is 6.41. The van der Waals surface area contributed by atoms with E-state index in [0.29, 0.717) is 19.6 Å². The van der Waals surface area contributed by atoms with Crippen molar-refractivity contribution in [2.24, 2.45) is 11.0 Å². The van der Waals surface area contributed by atoms with Crippen LogP contribution in [0.5, 0.6) is 5.75 Å². The van der Waals surface area contributed by atoms with E-state index in [2.05, 4.69) is 0 Å². The molecule has 0 saturated heterocycles. The predicted octanol–water partition coefficient (Wildman–Crippen LogP) is 3.65. The fourth-order valence-corrected chi connectivity index (χ4v) is 4.27. The zero-order valence-corrected chi connectivity index (χ0v) is 19.3. The Kier molecular flexibility index (Phi) is 7.40. The van der Waals surface area contributed by atoms with E-state index < -0.39 is 0 Å². The van der Waals surface area contributed by atoms with Gasteiger partial charge >= 0.3 is 0 Å². The van der Waals surface area contributed by atoms with Crippen molar-refractivity contribution in [3.8, 4) is 5.75 Å². The fourth-order valence-electron chi connectivity index (χ4n) is 4.27. The molecule has 1 saturated carbocycles. The summed E-state index contributed by atoms with van der Waals surface area (Å²) in [6, 6.07) is 17.4. The van der Waals surface area contributed by atoms with Crippen molar-refractivity contribution in [3.63, 3.8) is 0 Å². The normalized spacial score (nSPS) is 17.9. The van der Waals surface area contributed by atoms with E-state index in [-0.39, 0.29) is 30.3 Å². The molecular formula is C26H31N3O4. The van der Waals surface area contributed by atoms with Gasteiger partial charge in [0.2, 0.25) is 5.91 Å². The molecule has 0 bridgehead atoms. The number of rotatable bonds is 9. The summed E-state index contributed by atoms with van der Waals surface area (Å²) in [6.07, 6.45) is 3.45. The van der Waals surface area contributed by atoms with Gasteiger partial charge in [0.25, 0.3) is 5.91 Å². The first kappa shape index (κ1) is 23.0. The molecule has 4 rings (SSSR count). The third-order valence-corrected chi connectivity index (χ3v) is 6.41. The van der Waals surface area contributed by atoms with Gasteiger partial charge in [-0.25, -0.2) is 5.01 Å². The Labute approximate surface area is 195 Å². The van der Waals surface area contributed by atoms with Crippen LogP contribution in [-0.4, -0.2) is 61.4 Å². The van der Waals surface area contributed by atoms with Crippen molar-refractivity contribution in [2.75, 3.05) is 33.9 Å². The van der Waals surface area contributed by atoms with Gasteiger partial charge in [-0.2, -0.15) is 5.10 Å². The molecule has 1 fully saturated rings. The molecule has 7 nitrogen and oxygen atoms in total. The number of methoxy groups -OCH3 is 2. The average molecular weight is 450 g/mol. The maximum atomic E-state index is 13.5. The van der Waals surface area contributed by atoms with E-state index in [1.807, 2.05) is 54.6 Å². The molecular weight excluding hydrogens is 418 g/mol. The molecule has 7 heteroatoms. The molecule has 2 aromatic rings. The monoisotopic (exact) mass is 449 g/mol. The molecule has 0 N–H and O–H groups in total.